The molecule has 1 fully saturated rings. The Balaban J connectivity index is 2.18. The van der Waals surface area contributed by atoms with Crippen LogP contribution < -0.4 is 5.32 Å². The summed E-state index contributed by atoms with van der Waals surface area (Å²) in [7, 11) is 2.02. The Labute approximate surface area is 117 Å². The number of aryl methyl sites for hydroxylation is 2. The Hall–Kier alpha value is -0.390. The van der Waals surface area contributed by atoms with E-state index in [1.54, 1.807) is 0 Å². The standard InChI is InChI=1S/C13H22BrN3O/c1-4-15-8-13(5-6-18-9-13)7-11-12(14)10(2)16-17(11)3/h15H,4-9H2,1-3H3. The highest BCUT2D eigenvalue weighted by molar-refractivity contribution is 9.10. The molecule has 0 spiro atoms. The molecule has 1 unspecified atom stereocenters. The fraction of sp³-hybridized carbons (Fsp3) is 0.769. The Kier molecular flexibility index (Phi) is 4.45. The van der Waals surface area contributed by atoms with Crippen LogP contribution >= 0.6 is 15.9 Å². The van der Waals surface area contributed by atoms with Gasteiger partial charge in [-0.3, -0.25) is 4.68 Å². The van der Waals surface area contributed by atoms with Crippen LogP contribution in [0.3, 0.4) is 0 Å². The third kappa shape index (κ3) is 2.78. The van der Waals surface area contributed by atoms with Crippen LogP contribution in [0.25, 0.3) is 0 Å². The molecule has 1 N–H and O–H groups in total. The summed E-state index contributed by atoms with van der Waals surface area (Å²) in [5, 5.41) is 7.94. The fourth-order valence-corrected chi connectivity index (χ4v) is 3.08. The van der Waals surface area contributed by atoms with E-state index in [1.807, 2.05) is 18.7 Å². The highest BCUT2D eigenvalue weighted by Gasteiger charge is 2.36. The molecule has 0 amide bonds. The monoisotopic (exact) mass is 315 g/mol. The van der Waals surface area contributed by atoms with Crippen molar-refractivity contribution in [2.24, 2.45) is 12.5 Å². The Morgan fingerprint density at radius 1 is 1.56 bits per heavy atom. The molecule has 4 nitrogen and oxygen atoms in total. The summed E-state index contributed by atoms with van der Waals surface area (Å²) in [4.78, 5) is 0. The van der Waals surface area contributed by atoms with Crippen LogP contribution in [0, 0.1) is 12.3 Å². The lowest BCUT2D eigenvalue weighted by molar-refractivity contribution is 0.148. The number of nitrogens with one attached hydrogen (secondary N) is 1. The van der Waals surface area contributed by atoms with Gasteiger partial charge in [-0.15, -0.1) is 0 Å². The van der Waals surface area contributed by atoms with Crippen LogP contribution in [0.4, 0.5) is 0 Å². The van der Waals surface area contributed by atoms with E-state index in [9.17, 15) is 0 Å². The summed E-state index contributed by atoms with van der Waals surface area (Å²) >= 11 is 3.66. The summed E-state index contributed by atoms with van der Waals surface area (Å²) in [5.74, 6) is 0. The van der Waals surface area contributed by atoms with Crippen LogP contribution in [-0.4, -0.2) is 36.1 Å². The van der Waals surface area contributed by atoms with Crippen molar-refractivity contribution in [3.05, 3.63) is 15.9 Å². The molecule has 0 aliphatic carbocycles. The SMILES string of the molecule is CCNCC1(Cc2c(Br)c(C)nn2C)CCOC1. The minimum atomic E-state index is 0.221. The molecule has 2 rings (SSSR count). The third-order valence-electron chi connectivity index (χ3n) is 3.74. The van der Waals surface area contributed by atoms with Gasteiger partial charge in [-0.1, -0.05) is 6.92 Å². The maximum Gasteiger partial charge on any atom is 0.0738 e. The second-order valence-corrected chi connectivity index (χ2v) is 6.02. The number of ether oxygens (including phenoxy) is 1. The summed E-state index contributed by atoms with van der Waals surface area (Å²) in [6.07, 6.45) is 2.13. The molecular formula is C13H22BrN3O. The average molecular weight is 316 g/mol. The van der Waals surface area contributed by atoms with Crippen molar-refractivity contribution in [2.45, 2.75) is 26.7 Å². The molecule has 0 radical (unpaired) electrons. The van der Waals surface area contributed by atoms with Gasteiger partial charge in [0.1, 0.15) is 0 Å². The van der Waals surface area contributed by atoms with Crippen molar-refractivity contribution < 1.29 is 4.74 Å². The van der Waals surface area contributed by atoms with E-state index < -0.39 is 0 Å². The van der Waals surface area contributed by atoms with Crippen molar-refractivity contribution in [1.29, 1.82) is 0 Å². The van der Waals surface area contributed by atoms with Crippen molar-refractivity contribution >= 4 is 15.9 Å². The number of hydrogen-bond donors (Lipinski definition) is 1. The molecular weight excluding hydrogens is 294 g/mol. The lowest BCUT2D eigenvalue weighted by atomic mass is 9.82. The van der Waals surface area contributed by atoms with E-state index in [-0.39, 0.29) is 5.41 Å². The van der Waals surface area contributed by atoms with E-state index in [1.165, 1.54) is 5.69 Å². The third-order valence-corrected chi connectivity index (χ3v) is 4.77. The van der Waals surface area contributed by atoms with Crippen molar-refractivity contribution in [3.8, 4) is 0 Å². The van der Waals surface area contributed by atoms with Crippen molar-refractivity contribution in [1.82, 2.24) is 15.1 Å². The summed E-state index contributed by atoms with van der Waals surface area (Å²) in [6.45, 7) is 7.92. The molecule has 1 aliphatic rings. The number of hydrogen-bond acceptors (Lipinski definition) is 3. The largest absolute Gasteiger partial charge is 0.381 e. The first kappa shape index (κ1) is 14.0. The van der Waals surface area contributed by atoms with Gasteiger partial charge in [0, 0.05) is 25.6 Å². The zero-order valence-corrected chi connectivity index (χ0v) is 13.0. The number of aromatic nitrogens is 2. The number of nitrogens with zero attached hydrogens (tertiary/aromatic N) is 2. The van der Waals surface area contributed by atoms with Crippen molar-refractivity contribution in [3.63, 3.8) is 0 Å². The smallest absolute Gasteiger partial charge is 0.0738 e. The van der Waals surface area contributed by atoms with E-state index in [0.717, 1.165) is 49.3 Å². The molecule has 1 aliphatic heterocycles. The topological polar surface area (TPSA) is 39.1 Å². The number of rotatable bonds is 5. The quantitative estimate of drug-likeness (QED) is 0.904. The van der Waals surface area contributed by atoms with Crippen molar-refractivity contribution in [2.75, 3.05) is 26.3 Å². The van der Waals surface area contributed by atoms with Gasteiger partial charge in [-0.05, 0) is 42.2 Å². The van der Waals surface area contributed by atoms with E-state index in [0.29, 0.717) is 0 Å². The Morgan fingerprint density at radius 3 is 2.83 bits per heavy atom. The van der Waals surface area contributed by atoms with Gasteiger partial charge in [-0.25, -0.2) is 0 Å². The minimum Gasteiger partial charge on any atom is -0.381 e. The summed E-state index contributed by atoms with van der Waals surface area (Å²) in [5.41, 5.74) is 2.56. The van der Waals surface area contributed by atoms with Gasteiger partial charge >= 0.3 is 0 Å². The van der Waals surface area contributed by atoms with Gasteiger partial charge in [0.05, 0.1) is 22.5 Å². The average Bonchev–Trinajstić information content (AvgIpc) is 2.89. The molecule has 0 bridgehead atoms. The second kappa shape index (κ2) is 5.72. The molecule has 1 atom stereocenters. The molecule has 18 heavy (non-hydrogen) atoms. The number of halogens is 1. The Bertz CT molecular complexity index is 411. The highest BCUT2D eigenvalue weighted by Crippen LogP contribution is 2.34. The van der Waals surface area contributed by atoms with Crippen LogP contribution in [0.2, 0.25) is 0 Å². The van der Waals surface area contributed by atoms with Crippen LogP contribution in [0.5, 0.6) is 0 Å². The van der Waals surface area contributed by atoms with Gasteiger partial charge in [-0.2, -0.15) is 5.10 Å². The lowest BCUT2D eigenvalue weighted by Crippen LogP contribution is -2.37. The van der Waals surface area contributed by atoms with Crippen LogP contribution in [0.1, 0.15) is 24.7 Å². The fourth-order valence-electron chi connectivity index (χ4n) is 2.61. The van der Waals surface area contributed by atoms with Gasteiger partial charge < -0.3 is 10.1 Å². The lowest BCUT2D eigenvalue weighted by Gasteiger charge is -2.27. The first-order valence-electron chi connectivity index (χ1n) is 6.54. The van der Waals surface area contributed by atoms with Crippen LogP contribution in [-0.2, 0) is 18.2 Å². The maximum absolute atomic E-state index is 5.63. The molecule has 1 aromatic heterocycles. The molecule has 5 heteroatoms. The van der Waals surface area contributed by atoms with E-state index >= 15 is 0 Å². The predicted octanol–water partition coefficient (Wildman–Crippen LogP) is 2.05. The summed E-state index contributed by atoms with van der Waals surface area (Å²) in [6, 6.07) is 0. The summed E-state index contributed by atoms with van der Waals surface area (Å²) < 4.78 is 8.77. The molecule has 0 aromatic carbocycles. The molecule has 0 saturated carbocycles. The Morgan fingerprint density at radius 2 is 2.33 bits per heavy atom. The molecule has 1 saturated heterocycles. The second-order valence-electron chi connectivity index (χ2n) is 5.23. The molecule has 2 heterocycles. The van der Waals surface area contributed by atoms with Gasteiger partial charge in [0.25, 0.3) is 0 Å². The van der Waals surface area contributed by atoms with Crippen LogP contribution in [0.15, 0.2) is 4.47 Å². The maximum atomic E-state index is 5.63. The molecule has 102 valence electrons. The zero-order chi connectivity index (χ0) is 13.2. The van der Waals surface area contributed by atoms with E-state index in [4.69, 9.17) is 4.74 Å². The first-order chi connectivity index (χ1) is 8.58. The van der Waals surface area contributed by atoms with Gasteiger partial charge in [0.2, 0.25) is 0 Å². The predicted molar refractivity (Wildman–Crippen MR) is 75.8 cm³/mol. The normalized spacial score (nSPS) is 23.8. The highest BCUT2D eigenvalue weighted by atomic mass is 79.9. The van der Waals surface area contributed by atoms with E-state index in [2.05, 4.69) is 33.3 Å². The zero-order valence-electron chi connectivity index (χ0n) is 11.4. The molecule has 1 aromatic rings. The first-order valence-corrected chi connectivity index (χ1v) is 7.34. The minimum absolute atomic E-state index is 0.221. The van der Waals surface area contributed by atoms with Gasteiger partial charge in [0.15, 0.2) is 0 Å².